The van der Waals surface area contributed by atoms with Gasteiger partial charge in [0.1, 0.15) is 5.84 Å². The van der Waals surface area contributed by atoms with Crippen molar-refractivity contribution < 1.29 is 5.21 Å². The molecule has 4 nitrogen and oxygen atoms in total. The first-order valence-corrected chi connectivity index (χ1v) is 7.12. The standard InChI is InChI=1S/C16H27N3O/c1-11(2)19(7-6-16(17)18-20)10-15-13(4)8-12(3)9-14(15)5/h8-9,11,20H,6-7,10H2,1-5H3,(H2,17,18). The summed E-state index contributed by atoms with van der Waals surface area (Å²) < 4.78 is 0. The highest BCUT2D eigenvalue weighted by molar-refractivity contribution is 5.79. The number of nitrogens with two attached hydrogens (primary N) is 1. The van der Waals surface area contributed by atoms with E-state index in [1.807, 2.05) is 0 Å². The van der Waals surface area contributed by atoms with Gasteiger partial charge in [-0.2, -0.15) is 0 Å². The van der Waals surface area contributed by atoms with Crippen molar-refractivity contribution in [1.29, 1.82) is 0 Å². The fraction of sp³-hybridized carbons (Fsp3) is 0.562. The van der Waals surface area contributed by atoms with Crippen molar-refractivity contribution in [3.05, 3.63) is 34.4 Å². The minimum atomic E-state index is 0.285. The zero-order valence-electron chi connectivity index (χ0n) is 13.3. The molecule has 0 aliphatic rings. The molecule has 3 N–H and O–H groups in total. The van der Waals surface area contributed by atoms with E-state index in [0.29, 0.717) is 12.5 Å². The van der Waals surface area contributed by atoms with Crippen LogP contribution in [0.15, 0.2) is 17.3 Å². The number of amidine groups is 1. The molecule has 20 heavy (non-hydrogen) atoms. The minimum Gasteiger partial charge on any atom is -0.409 e. The van der Waals surface area contributed by atoms with E-state index in [9.17, 15) is 0 Å². The van der Waals surface area contributed by atoms with Crippen molar-refractivity contribution in [2.24, 2.45) is 10.9 Å². The number of oxime groups is 1. The summed E-state index contributed by atoms with van der Waals surface area (Å²) in [7, 11) is 0. The van der Waals surface area contributed by atoms with E-state index >= 15 is 0 Å². The molecule has 4 heteroatoms. The van der Waals surface area contributed by atoms with E-state index in [1.54, 1.807) is 0 Å². The molecule has 0 bridgehead atoms. The molecule has 0 unspecified atom stereocenters. The van der Waals surface area contributed by atoms with Crippen molar-refractivity contribution in [1.82, 2.24) is 4.90 Å². The number of hydrogen-bond acceptors (Lipinski definition) is 3. The Morgan fingerprint density at radius 1 is 1.25 bits per heavy atom. The molecule has 112 valence electrons. The Morgan fingerprint density at radius 3 is 2.25 bits per heavy atom. The fourth-order valence-corrected chi connectivity index (χ4v) is 2.49. The topological polar surface area (TPSA) is 61.8 Å². The van der Waals surface area contributed by atoms with Gasteiger partial charge in [0.15, 0.2) is 0 Å². The maximum Gasteiger partial charge on any atom is 0.140 e. The second-order valence-electron chi connectivity index (χ2n) is 5.78. The summed E-state index contributed by atoms with van der Waals surface area (Å²) >= 11 is 0. The highest BCUT2D eigenvalue weighted by atomic mass is 16.4. The van der Waals surface area contributed by atoms with Crippen molar-refractivity contribution in [2.45, 2.75) is 53.6 Å². The van der Waals surface area contributed by atoms with Gasteiger partial charge < -0.3 is 10.9 Å². The van der Waals surface area contributed by atoms with Gasteiger partial charge in [-0.25, -0.2) is 0 Å². The molecule has 0 fully saturated rings. The smallest absolute Gasteiger partial charge is 0.140 e. The Balaban J connectivity index is 2.86. The zero-order chi connectivity index (χ0) is 15.3. The van der Waals surface area contributed by atoms with Crippen LogP contribution in [0.5, 0.6) is 0 Å². The number of rotatable bonds is 6. The normalized spacial score (nSPS) is 12.4. The quantitative estimate of drug-likeness (QED) is 0.364. The third kappa shape index (κ3) is 4.53. The molecule has 1 aromatic rings. The predicted molar refractivity (Wildman–Crippen MR) is 84.2 cm³/mol. The Morgan fingerprint density at radius 2 is 1.80 bits per heavy atom. The average Bonchev–Trinajstić information content (AvgIpc) is 2.35. The minimum absolute atomic E-state index is 0.285. The van der Waals surface area contributed by atoms with Crippen molar-refractivity contribution in [3.8, 4) is 0 Å². The van der Waals surface area contributed by atoms with Gasteiger partial charge >= 0.3 is 0 Å². The molecule has 1 rings (SSSR count). The van der Waals surface area contributed by atoms with Gasteiger partial charge in [0.25, 0.3) is 0 Å². The lowest BCUT2D eigenvalue weighted by atomic mass is 9.99. The van der Waals surface area contributed by atoms with Gasteiger partial charge in [-0.15, -0.1) is 0 Å². The molecule has 1 aromatic carbocycles. The summed E-state index contributed by atoms with van der Waals surface area (Å²) in [6, 6.07) is 4.87. The van der Waals surface area contributed by atoms with Crippen LogP contribution in [-0.2, 0) is 6.54 Å². The van der Waals surface area contributed by atoms with Crippen molar-refractivity contribution >= 4 is 5.84 Å². The van der Waals surface area contributed by atoms with E-state index in [1.165, 1.54) is 22.3 Å². The molecule has 0 aromatic heterocycles. The van der Waals surface area contributed by atoms with Gasteiger partial charge in [-0.3, -0.25) is 4.90 Å². The fourth-order valence-electron chi connectivity index (χ4n) is 2.49. The van der Waals surface area contributed by atoms with Crippen LogP contribution in [0.25, 0.3) is 0 Å². The highest BCUT2D eigenvalue weighted by Gasteiger charge is 2.14. The van der Waals surface area contributed by atoms with E-state index in [2.05, 4.69) is 56.8 Å². The number of nitrogens with zero attached hydrogens (tertiary/aromatic N) is 2. The SMILES string of the molecule is Cc1cc(C)c(CN(CCC(N)=NO)C(C)C)c(C)c1. The molecular formula is C16H27N3O. The van der Waals surface area contributed by atoms with Crippen molar-refractivity contribution in [2.75, 3.05) is 6.54 Å². The lowest BCUT2D eigenvalue weighted by Gasteiger charge is -2.28. The molecule has 0 amide bonds. The molecular weight excluding hydrogens is 250 g/mol. The Bertz CT molecular complexity index is 458. The van der Waals surface area contributed by atoms with Crippen LogP contribution in [0.1, 0.15) is 42.5 Å². The maximum atomic E-state index is 8.64. The second-order valence-corrected chi connectivity index (χ2v) is 5.78. The number of benzene rings is 1. The summed E-state index contributed by atoms with van der Waals surface area (Å²) in [5, 5.41) is 11.7. The van der Waals surface area contributed by atoms with Gasteiger partial charge in [-0.1, -0.05) is 22.9 Å². The van der Waals surface area contributed by atoms with E-state index in [0.717, 1.165) is 13.1 Å². The largest absolute Gasteiger partial charge is 0.409 e. The molecule has 0 saturated carbocycles. The third-order valence-corrected chi connectivity index (χ3v) is 3.72. The summed E-state index contributed by atoms with van der Waals surface area (Å²) in [5.41, 5.74) is 10.9. The van der Waals surface area contributed by atoms with Crippen LogP contribution in [0.3, 0.4) is 0 Å². The summed E-state index contributed by atoms with van der Waals surface area (Å²) in [4.78, 5) is 2.35. The first-order valence-electron chi connectivity index (χ1n) is 7.12. The van der Waals surface area contributed by atoms with Crippen LogP contribution in [0, 0.1) is 20.8 Å². The lowest BCUT2D eigenvalue weighted by molar-refractivity contribution is 0.217. The lowest BCUT2D eigenvalue weighted by Crippen LogP contribution is -2.34. The first kappa shape index (κ1) is 16.5. The maximum absolute atomic E-state index is 8.64. The Kier molecular flexibility index (Phi) is 6.02. The predicted octanol–water partition coefficient (Wildman–Crippen LogP) is 2.96. The molecule has 0 aliphatic carbocycles. The van der Waals surface area contributed by atoms with Gasteiger partial charge in [0.2, 0.25) is 0 Å². The average molecular weight is 277 g/mol. The zero-order valence-corrected chi connectivity index (χ0v) is 13.3. The molecule has 0 atom stereocenters. The highest BCUT2D eigenvalue weighted by Crippen LogP contribution is 2.19. The number of hydrogen-bond donors (Lipinski definition) is 2. The van der Waals surface area contributed by atoms with E-state index < -0.39 is 0 Å². The summed E-state index contributed by atoms with van der Waals surface area (Å²) in [6.45, 7) is 12.5. The van der Waals surface area contributed by atoms with Crippen molar-refractivity contribution in [3.63, 3.8) is 0 Å². The molecule has 0 saturated heterocycles. The van der Waals surface area contributed by atoms with Crippen LogP contribution < -0.4 is 5.73 Å². The summed E-state index contributed by atoms with van der Waals surface area (Å²) in [5.74, 6) is 0.285. The van der Waals surface area contributed by atoms with Gasteiger partial charge in [-0.05, 0) is 51.3 Å². The van der Waals surface area contributed by atoms with Crippen LogP contribution in [-0.4, -0.2) is 28.5 Å². The first-order chi connectivity index (χ1) is 9.35. The summed E-state index contributed by atoms with van der Waals surface area (Å²) in [6.07, 6.45) is 0.582. The number of aryl methyl sites for hydroxylation is 3. The van der Waals surface area contributed by atoms with Crippen LogP contribution in [0.2, 0.25) is 0 Å². The third-order valence-electron chi connectivity index (χ3n) is 3.72. The van der Waals surface area contributed by atoms with Crippen LogP contribution >= 0.6 is 0 Å². The molecule has 0 aliphatic heterocycles. The Hall–Kier alpha value is -1.55. The van der Waals surface area contributed by atoms with Crippen LogP contribution in [0.4, 0.5) is 0 Å². The molecule has 0 radical (unpaired) electrons. The van der Waals surface area contributed by atoms with Gasteiger partial charge in [0, 0.05) is 25.6 Å². The van der Waals surface area contributed by atoms with E-state index in [4.69, 9.17) is 10.9 Å². The monoisotopic (exact) mass is 277 g/mol. The van der Waals surface area contributed by atoms with E-state index in [-0.39, 0.29) is 5.84 Å². The second kappa shape index (κ2) is 7.29. The molecule has 0 heterocycles. The van der Waals surface area contributed by atoms with Gasteiger partial charge in [0.05, 0.1) is 0 Å². The Labute approximate surface area is 122 Å². The molecule has 0 spiro atoms.